The summed E-state index contributed by atoms with van der Waals surface area (Å²) in [5.41, 5.74) is 0.801. The molecule has 1 heterocycles. The highest BCUT2D eigenvalue weighted by Gasteiger charge is 2.41. The first-order valence-electron chi connectivity index (χ1n) is 8.89. The molecular weight excluding hydrogens is 356 g/mol. The third kappa shape index (κ3) is 5.19. The summed E-state index contributed by atoms with van der Waals surface area (Å²) in [6, 6.07) is 7.01. The third-order valence-corrected chi connectivity index (χ3v) is 4.97. The second kappa shape index (κ2) is 10.5. The minimum atomic E-state index is -0.387. The number of carbonyl (C=O) groups is 2. The number of methoxy groups -OCH3 is 2. The highest BCUT2D eigenvalue weighted by Crippen LogP contribution is 2.39. The van der Waals surface area contributed by atoms with Crippen LogP contribution in [0.5, 0.6) is 0 Å². The van der Waals surface area contributed by atoms with E-state index in [0.717, 1.165) is 12.0 Å². The van der Waals surface area contributed by atoms with Crippen molar-refractivity contribution in [3.05, 3.63) is 34.9 Å². The molecule has 0 unspecified atom stereocenters. The summed E-state index contributed by atoms with van der Waals surface area (Å²) in [5.74, 6) is -0.372. The van der Waals surface area contributed by atoms with Gasteiger partial charge in [0.15, 0.2) is 0 Å². The molecule has 6 nitrogen and oxygen atoms in total. The topological polar surface area (TPSA) is 67.9 Å². The van der Waals surface area contributed by atoms with Crippen molar-refractivity contribution in [1.29, 1.82) is 0 Å². The van der Waals surface area contributed by atoms with Gasteiger partial charge in [-0.25, -0.2) is 0 Å². The van der Waals surface area contributed by atoms with Crippen LogP contribution in [0.15, 0.2) is 24.3 Å². The molecule has 0 aliphatic carbocycles. The molecule has 1 saturated heterocycles. The molecule has 2 rings (SSSR count). The standard InChI is InChI=1S/C19H27ClN2O4/c1-25-12-5-10-21-19(24)15-8-9-17(23)22(11-13-26-2)18(15)14-6-3-4-7-16(14)20/h3-4,6-7,15,18H,5,8-13H2,1-2H3,(H,21,24)/t15-,18+/m1/s1. The number of rotatable bonds is 9. The number of halogens is 1. The average Bonchev–Trinajstić information content (AvgIpc) is 2.64. The largest absolute Gasteiger partial charge is 0.385 e. The highest BCUT2D eigenvalue weighted by atomic mass is 35.5. The number of likely N-dealkylation sites (tertiary alicyclic amines) is 1. The molecule has 2 atom stereocenters. The molecule has 1 aliphatic rings. The Bertz CT molecular complexity index is 611. The van der Waals surface area contributed by atoms with Crippen LogP contribution in [0.25, 0.3) is 0 Å². The molecule has 0 bridgehead atoms. The Kier molecular flexibility index (Phi) is 8.35. The van der Waals surface area contributed by atoms with Gasteiger partial charge in [0.2, 0.25) is 11.8 Å². The first-order chi connectivity index (χ1) is 12.6. The number of piperidine rings is 1. The molecule has 1 aromatic rings. The first kappa shape index (κ1) is 20.7. The van der Waals surface area contributed by atoms with Crippen LogP contribution in [0.4, 0.5) is 0 Å². The Morgan fingerprint density at radius 3 is 2.69 bits per heavy atom. The van der Waals surface area contributed by atoms with E-state index in [0.29, 0.717) is 44.2 Å². The van der Waals surface area contributed by atoms with Crippen molar-refractivity contribution in [2.75, 3.05) is 40.5 Å². The number of hydrogen-bond donors (Lipinski definition) is 1. The molecule has 144 valence electrons. The van der Waals surface area contributed by atoms with Crippen molar-refractivity contribution in [3.63, 3.8) is 0 Å². The highest BCUT2D eigenvalue weighted by molar-refractivity contribution is 6.31. The SMILES string of the molecule is COCCCNC(=O)[C@@H]1CCC(=O)N(CCOC)[C@H]1c1ccccc1Cl. The number of carbonyl (C=O) groups excluding carboxylic acids is 2. The normalized spacial score (nSPS) is 20.3. The number of hydrogen-bond acceptors (Lipinski definition) is 4. The summed E-state index contributed by atoms with van der Waals surface area (Å²) in [6.07, 6.45) is 1.60. The molecular formula is C19H27ClN2O4. The number of nitrogens with zero attached hydrogens (tertiary/aromatic N) is 1. The van der Waals surface area contributed by atoms with Crippen molar-refractivity contribution in [2.45, 2.75) is 25.3 Å². The average molecular weight is 383 g/mol. The van der Waals surface area contributed by atoms with E-state index in [9.17, 15) is 9.59 Å². The lowest BCUT2D eigenvalue weighted by Gasteiger charge is -2.41. The van der Waals surface area contributed by atoms with Crippen LogP contribution in [-0.2, 0) is 19.1 Å². The van der Waals surface area contributed by atoms with E-state index in [-0.39, 0.29) is 23.8 Å². The summed E-state index contributed by atoms with van der Waals surface area (Å²) in [4.78, 5) is 27.1. The Hall–Kier alpha value is -1.63. The molecule has 0 spiro atoms. The van der Waals surface area contributed by atoms with Gasteiger partial charge in [-0.1, -0.05) is 29.8 Å². The van der Waals surface area contributed by atoms with Gasteiger partial charge in [-0.05, 0) is 24.5 Å². The lowest BCUT2D eigenvalue weighted by molar-refractivity contribution is -0.144. The first-order valence-corrected chi connectivity index (χ1v) is 9.27. The van der Waals surface area contributed by atoms with E-state index >= 15 is 0 Å². The van der Waals surface area contributed by atoms with Gasteiger partial charge in [0, 0.05) is 45.4 Å². The van der Waals surface area contributed by atoms with E-state index in [1.807, 2.05) is 18.2 Å². The Labute approximate surface area is 159 Å². The fourth-order valence-electron chi connectivity index (χ4n) is 3.34. The summed E-state index contributed by atoms with van der Waals surface area (Å²) in [5, 5.41) is 3.53. The van der Waals surface area contributed by atoms with Gasteiger partial charge in [0.25, 0.3) is 0 Å². The molecule has 0 aromatic heterocycles. The minimum absolute atomic E-state index is 0.0235. The number of ether oxygens (including phenoxy) is 2. The van der Waals surface area contributed by atoms with E-state index < -0.39 is 0 Å². The van der Waals surface area contributed by atoms with Gasteiger partial charge >= 0.3 is 0 Å². The van der Waals surface area contributed by atoms with E-state index in [1.54, 1.807) is 25.2 Å². The van der Waals surface area contributed by atoms with Crippen LogP contribution in [0, 0.1) is 5.92 Å². The van der Waals surface area contributed by atoms with Crippen molar-refractivity contribution in [3.8, 4) is 0 Å². The van der Waals surface area contributed by atoms with Crippen molar-refractivity contribution in [1.82, 2.24) is 10.2 Å². The molecule has 0 saturated carbocycles. The number of amides is 2. The fourth-order valence-corrected chi connectivity index (χ4v) is 3.59. The van der Waals surface area contributed by atoms with Gasteiger partial charge in [-0.3, -0.25) is 9.59 Å². The van der Waals surface area contributed by atoms with Crippen LogP contribution in [0.1, 0.15) is 30.9 Å². The van der Waals surface area contributed by atoms with Gasteiger partial charge < -0.3 is 19.7 Å². The van der Waals surface area contributed by atoms with Crippen molar-refractivity contribution >= 4 is 23.4 Å². The number of benzene rings is 1. The second-order valence-corrected chi connectivity index (χ2v) is 6.74. The van der Waals surface area contributed by atoms with Gasteiger partial charge in [0.05, 0.1) is 18.6 Å². The van der Waals surface area contributed by atoms with Crippen LogP contribution >= 0.6 is 11.6 Å². The molecule has 1 fully saturated rings. The van der Waals surface area contributed by atoms with Crippen LogP contribution in [0.3, 0.4) is 0 Å². The van der Waals surface area contributed by atoms with Crippen molar-refractivity contribution < 1.29 is 19.1 Å². The summed E-state index contributed by atoms with van der Waals surface area (Å²) >= 11 is 6.40. The van der Waals surface area contributed by atoms with Crippen LogP contribution in [-0.4, -0.2) is 57.2 Å². The van der Waals surface area contributed by atoms with Crippen LogP contribution < -0.4 is 5.32 Å². The molecule has 1 N–H and O–H groups in total. The van der Waals surface area contributed by atoms with E-state index in [2.05, 4.69) is 5.32 Å². The smallest absolute Gasteiger partial charge is 0.225 e. The van der Waals surface area contributed by atoms with Crippen molar-refractivity contribution in [2.24, 2.45) is 5.92 Å². The monoisotopic (exact) mass is 382 g/mol. The lowest BCUT2D eigenvalue weighted by Crippen LogP contribution is -2.49. The Morgan fingerprint density at radius 1 is 1.27 bits per heavy atom. The molecule has 0 radical (unpaired) electrons. The molecule has 2 amide bonds. The quantitative estimate of drug-likeness (QED) is 0.666. The molecule has 7 heteroatoms. The zero-order valence-corrected chi connectivity index (χ0v) is 16.1. The summed E-state index contributed by atoms with van der Waals surface area (Å²) in [6.45, 7) is 1.98. The summed E-state index contributed by atoms with van der Waals surface area (Å²) in [7, 11) is 3.23. The second-order valence-electron chi connectivity index (χ2n) is 6.33. The summed E-state index contributed by atoms with van der Waals surface area (Å²) < 4.78 is 10.2. The van der Waals surface area contributed by atoms with Gasteiger partial charge in [0.1, 0.15) is 0 Å². The van der Waals surface area contributed by atoms with Gasteiger partial charge in [-0.2, -0.15) is 0 Å². The zero-order valence-electron chi connectivity index (χ0n) is 15.4. The number of nitrogens with one attached hydrogen (secondary N) is 1. The van der Waals surface area contributed by atoms with E-state index in [1.165, 1.54) is 0 Å². The van der Waals surface area contributed by atoms with Crippen LogP contribution in [0.2, 0.25) is 5.02 Å². The maximum atomic E-state index is 12.8. The lowest BCUT2D eigenvalue weighted by atomic mass is 9.83. The fraction of sp³-hybridized carbons (Fsp3) is 0.579. The third-order valence-electron chi connectivity index (χ3n) is 4.63. The predicted molar refractivity (Wildman–Crippen MR) is 100 cm³/mol. The molecule has 1 aliphatic heterocycles. The van der Waals surface area contributed by atoms with Gasteiger partial charge in [-0.15, -0.1) is 0 Å². The predicted octanol–water partition coefficient (Wildman–Crippen LogP) is 2.42. The maximum Gasteiger partial charge on any atom is 0.225 e. The minimum Gasteiger partial charge on any atom is -0.385 e. The Morgan fingerprint density at radius 2 is 2.00 bits per heavy atom. The zero-order chi connectivity index (χ0) is 18.9. The molecule has 1 aromatic carbocycles. The maximum absolute atomic E-state index is 12.8. The molecule has 26 heavy (non-hydrogen) atoms. The Balaban J connectivity index is 2.24. The van der Waals surface area contributed by atoms with E-state index in [4.69, 9.17) is 21.1 Å².